The number of rotatable bonds is 7. The molecular weight excluding hydrogens is 262 g/mol. The van der Waals surface area contributed by atoms with Gasteiger partial charge in [0.15, 0.2) is 0 Å². The van der Waals surface area contributed by atoms with Crippen molar-refractivity contribution in [1.29, 1.82) is 0 Å². The first-order chi connectivity index (χ1) is 9.78. The number of nitrogens with two attached hydrogens (primary N) is 1. The molecule has 0 aliphatic heterocycles. The highest BCUT2D eigenvalue weighted by atomic mass is 16.1. The summed E-state index contributed by atoms with van der Waals surface area (Å²) in [7, 11) is 2.02. The van der Waals surface area contributed by atoms with Crippen LogP contribution in [0.15, 0.2) is 30.3 Å². The maximum atomic E-state index is 11.8. The van der Waals surface area contributed by atoms with Gasteiger partial charge in [-0.05, 0) is 24.0 Å². The van der Waals surface area contributed by atoms with E-state index < -0.39 is 0 Å². The lowest BCUT2D eigenvalue weighted by Crippen LogP contribution is -2.37. The topological polar surface area (TPSA) is 58.4 Å². The Kier molecular flexibility index (Phi) is 6.69. The van der Waals surface area contributed by atoms with E-state index in [1.54, 1.807) is 0 Å². The van der Waals surface area contributed by atoms with Gasteiger partial charge in [0.1, 0.15) is 0 Å². The molecule has 0 radical (unpaired) electrons. The molecule has 0 saturated heterocycles. The molecule has 0 fully saturated rings. The van der Waals surface area contributed by atoms with Crippen LogP contribution in [0.1, 0.15) is 33.6 Å². The summed E-state index contributed by atoms with van der Waals surface area (Å²) in [5.41, 5.74) is 7.32. The molecule has 21 heavy (non-hydrogen) atoms. The number of likely N-dealkylation sites (N-methyl/N-ethyl adjacent to an activating group) is 1. The van der Waals surface area contributed by atoms with Crippen molar-refractivity contribution in [3.05, 3.63) is 30.3 Å². The Morgan fingerprint density at radius 3 is 2.48 bits per heavy atom. The van der Waals surface area contributed by atoms with Gasteiger partial charge in [-0.2, -0.15) is 0 Å². The number of para-hydroxylation sites is 1. The highest BCUT2D eigenvalue weighted by Gasteiger charge is 2.17. The quantitative estimate of drug-likeness (QED) is 0.811. The van der Waals surface area contributed by atoms with Gasteiger partial charge >= 0.3 is 0 Å². The zero-order valence-electron chi connectivity index (χ0n) is 13.7. The van der Waals surface area contributed by atoms with Gasteiger partial charge in [0.25, 0.3) is 0 Å². The van der Waals surface area contributed by atoms with Gasteiger partial charge in [0.2, 0.25) is 5.91 Å². The van der Waals surface area contributed by atoms with Gasteiger partial charge < -0.3 is 16.0 Å². The van der Waals surface area contributed by atoms with Crippen LogP contribution in [0.4, 0.5) is 5.69 Å². The molecule has 118 valence electrons. The van der Waals surface area contributed by atoms with Crippen LogP contribution in [0.2, 0.25) is 0 Å². The maximum absolute atomic E-state index is 11.8. The van der Waals surface area contributed by atoms with E-state index in [1.165, 1.54) is 0 Å². The van der Waals surface area contributed by atoms with Gasteiger partial charge in [0, 0.05) is 38.3 Å². The first-order valence-electron chi connectivity index (χ1n) is 7.56. The highest BCUT2D eigenvalue weighted by molar-refractivity contribution is 5.76. The van der Waals surface area contributed by atoms with Crippen molar-refractivity contribution in [3.63, 3.8) is 0 Å². The minimum atomic E-state index is -0.0724. The fraction of sp³-hybridized carbons (Fsp3) is 0.588. The zero-order valence-corrected chi connectivity index (χ0v) is 13.7. The molecule has 0 aromatic heterocycles. The van der Waals surface area contributed by atoms with Crippen LogP contribution in [0.3, 0.4) is 0 Å². The summed E-state index contributed by atoms with van der Waals surface area (Å²) in [6.07, 6.45) is 1.25. The van der Waals surface area contributed by atoms with Crippen molar-refractivity contribution >= 4 is 11.6 Å². The smallest absolute Gasteiger partial charge is 0.221 e. The van der Waals surface area contributed by atoms with E-state index in [-0.39, 0.29) is 17.4 Å². The molecule has 4 heteroatoms. The average molecular weight is 291 g/mol. The number of benzene rings is 1. The SMILES string of the molecule is CN(CCNC(=O)CC(N)CC(C)(C)C)c1ccccc1. The van der Waals surface area contributed by atoms with E-state index in [1.807, 2.05) is 25.2 Å². The van der Waals surface area contributed by atoms with E-state index in [2.05, 4.69) is 43.1 Å². The number of amides is 1. The molecule has 1 aromatic rings. The first-order valence-corrected chi connectivity index (χ1v) is 7.56. The maximum Gasteiger partial charge on any atom is 0.221 e. The van der Waals surface area contributed by atoms with Crippen molar-refractivity contribution in [3.8, 4) is 0 Å². The summed E-state index contributed by atoms with van der Waals surface area (Å²) in [5.74, 6) is 0.0354. The minimum absolute atomic E-state index is 0.0354. The Morgan fingerprint density at radius 1 is 1.29 bits per heavy atom. The van der Waals surface area contributed by atoms with Crippen molar-refractivity contribution < 1.29 is 4.79 Å². The van der Waals surface area contributed by atoms with E-state index in [9.17, 15) is 4.79 Å². The Labute approximate surface area is 128 Å². The first kappa shape index (κ1) is 17.5. The normalized spacial score (nSPS) is 12.8. The predicted molar refractivity (Wildman–Crippen MR) is 89.4 cm³/mol. The molecule has 0 aliphatic carbocycles. The van der Waals surface area contributed by atoms with E-state index >= 15 is 0 Å². The molecule has 3 N–H and O–H groups in total. The molecule has 0 bridgehead atoms. The molecule has 4 nitrogen and oxygen atoms in total. The van der Waals surface area contributed by atoms with Crippen molar-refractivity contribution in [2.75, 3.05) is 25.0 Å². The molecule has 1 rings (SSSR count). The zero-order chi connectivity index (χ0) is 15.9. The van der Waals surface area contributed by atoms with Crippen LogP contribution in [-0.4, -0.2) is 32.1 Å². The van der Waals surface area contributed by atoms with E-state index in [0.717, 1.165) is 18.7 Å². The van der Waals surface area contributed by atoms with Crippen LogP contribution in [0, 0.1) is 5.41 Å². The lowest BCUT2D eigenvalue weighted by Gasteiger charge is -2.23. The molecule has 0 aliphatic rings. The highest BCUT2D eigenvalue weighted by Crippen LogP contribution is 2.20. The molecule has 1 amide bonds. The van der Waals surface area contributed by atoms with Crippen LogP contribution < -0.4 is 16.0 Å². The van der Waals surface area contributed by atoms with E-state index in [0.29, 0.717) is 13.0 Å². The standard InChI is InChI=1S/C17H29N3O/c1-17(2,3)13-14(18)12-16(21)19-10-11-20(4)15-8-6-5-7-9-15/h5-9,14H,10-13,18H2,1-4H3,(H,19,21). The monoisotopic (exact) mass is 291 g/mol. The third-order valence-corrected chi connectivity index (χ3v) is 3.29. The molecule has 1 unspecified atom stereocenters. The van der Waals surface area contributed by atoms with Crippen LogP contribution >= 0.6 is 0 Å². The molecule has 1 aromatic carbocycles. The number of carbonyl (C=O) groups excluding carboxylic acids is 1. The summed E-state index contributed by atoms with van der Waals surface area (Å²) in [4.78, 5) is 14.0. The van der Waals surface area contributed by atoms with Crippen molar-refractivity contribution in [2.45, 2.75) is 39.7 Å². The third-order valence-electron chi connectivity index (χ3n) is 3.29. The summed E-state index contributed by atoms with van der Waals surface area (Å²) in [6.45, 7) is 7.83. The number of nitrogens with zero attached hydrogens (tertiary/aromatic N) is 1. The fourth-order valence-electron chi connectivity index (χ4n) is 2.34. The lowest BCUT2D eigenvalue weighted by atomic mass is 9.87. The van der Waals surface area contributed by atoms with Gasteiger partial charge in [0.05, 0.1) is 0 Å². The number of carbonyl (C=O) groups is 1. The molecule has 0 saturated carbocycles. The largest absolute Gasteiger partial charge is 0.373 e. The van der Waals surface area contributed by atoms with Crippen molar-refractivity contribution in [1.82, 2.24) is 5.32 Å². The summed E-state index contributed by atoms with van der Waals surface area (Å²) < 4.78 is 0. The number of hydrogen-bond donors (Lipinski definition) is 2. The second kappa shape index (κ2) is 8.03. The number of anilines is 1. The van der Waals surface area contributed by atoms with Gasteiger partial charge in [-0.25, -0.2) is 0 Å². The number of nitrogens with one attached hydrogen (secondary N) is 1. The predicted octanol–water partition coefficient (Wildman–Crippen LogP) is 2.39. The second-order valence-corrected chi connectivity index (χ2v) is 6.84. The van der Waals surface area contributed by atoms with Crippen LogP contribution in [0.5, 0.6) is 0 Å². The van der Waals surface area contributed by atoms with E-state index in [4.69, 9.17) is 5.73 Å². The van der Waals surface area contributed by atoms with Gasteiger partial charge in [-0.3, -0.25) is 4.79 Å². The van der Waals surface area contributed by atoms with Crippen LogP contribution in [0.25, 0.3) is 0 Å². The second-order valence-electron chi connectivity index (χ2n) is 6.84. The fourth-order valence-corrected chi connectivity index (χ4v) is 2.34. The Morgan fingerprint density at radius 2 is 1.90 bits per heavy atom. The minimum Gasteiger partial charge on any atom is -0.373 e. The third kappa shape index (κ3) is 7.71. The summed E-state index contributed by atoms with van der Waals surface area (Å²) in [5, 5.41) is 2.94. The molecular formula is C17H29N3O. The Hall–Kier alpha value is -1.55. The molecule has 1 atom stereocenters. The van der Waals surface area contributed by atoms with Crippen molar-refractivity contribution in [2.24, 2.45) is 11.1 Å². The van der Waals surface area contributed by atoms with Crippen LogP contribution in [-0.2, 0) is 4.79 Å². The molecule has 0 heterocycles. The average Bonchev–Trinajstić information content (AvgIpc) is 2.37. The summed E-state index contributed by atoms with van der Waals surface area (Å²) in [6, 6.07) is 10.1. The Balaban J connectivity index is 2.25. The Bertz CT molecular complexity index is 425. The van der Waals surface area contributed by atoms with Gasteiger partial charge in [-0.15, -0.1) is 0 Å². The summed E-state index contributed by atoms with van der Waals surface area (Å²) >= 11 is 0. The number of hydrogen-bond acceptors (Lipinski definition) is 3. The molecule has 0 spiro atoms. The lowest BCUT2D eigenvalue weighted by molar-refractivity contribution is -0.121. The van der Waals surface area contributed by atoms with Gasteiger partial charge in [-0.1, -0.05) is 39.0 Å².